The number of aryl methyl sites for hydroxylation is 2. The van der Waals surface area contributed by atoms with Crippen molar-refractivity contribution >= 4 is 38.4 Å². The molecule has 0 aliphatic carbocycles. The van der Waals surface area contributed by atoms with Gasteiger partial charge in [-0.05, 0) is 57.4 Å². The van der Waals surface area contributed by atoms with Crippen molar-refractivity contribution in [3.05, 3.63) is 59.3 Å². The number of hydrogen-bond acceptors (Lipinski definition) is 5. The average molecular weight is 462 g/mol. The van der Waals surface area contributed by atoms with Crippen LogP contribution in [0, 0.1) is 19.8 Å². The molecule has 6 nitrogen and oxygen atoms in total. The quantitative estimate of drug-likeness (QED) is 0.390. The minimum absolute atomic E-state index is 0.0343. The van der Waals surface area contributed by atoms with Gasteiger partial charge in [-0.25, -0.2) is 4.98 Å². The van der Waals surface area contributed by atoms with Gasteiger partial charge in [0.25, 0.3) is 5.91 Å². The van der Waals surface area contributed by atoms with Gasteiger partial charge in [0.15, 0.2) is 4.96 Å². The van der Waals surface area contributed by atoms with Gasteiger partial charge in [-0.1, -0.05) is 35.1 Å². The summed E-state index contributed by atoms with van der Waals surface area (Å²) >= 11 is 1.58. The van der Waals surface area contributed by atoms with Crippen LogP contribution >= 0.6 is 11.3 Å². The molecule has 1 amide bonds. The van der Waals surface area contributed by atoms with E-state index in [0.29, 0.717) is 25.3 Å². The van der Waals surface area contributed by atoms with E-state index < -0.39 is 0 Å². The fourth-order valence-electron chi connectivity index (χ4n) is 4.66. The van der Waals surface area contributed by atoms with Crippen molar-refractivity contribution in [2.45, 2.75) is 33.6 Å². The summed E-state index contributed by atoms with van der Waals surface area (Å²) in [4.78, 5) is 32.9. The van der Waals surface area contributed by atoms with E-state index in [9.17, 15) is 9.59 Å². The van der Waals surface area contributed by atoms with Crippen molar-refractivity contribution in [3.8, 4) is 11.3 Å². The molecule has 0 spiro atoms. The number of ether oxygens (including phenoxy) is 1. The number of thiazole rings is 1. The van der Waals surface area contributed by atoms with Gasteiger partial charge in [0.05, 0.1) is 28.4 Å². The summed E-state index contributed by atoms with van der Waals surface area (Å²) in [6, 6.07) is 12.2. The molecule has 0 bridgehead atoms. The second-order valence-electron chi connectivity index (χ2n) is 8.72. The van der Waals surface area contributed by atoms with Gasteiger partial charge in [-0.15, -0.1) is 0 Å². The molecule has 0 N–H and O–H groups in total. The molecule has 4 aromatic rings. The molecule has 1 aliphatic rings. The fraction of sp³-hybridized carbons (Fsp3) is 0.346. The number of piperidine rings is 1. The predicted octanol–water partition coefficient (Wildman–Crippen LogP) is 5.25. The third-order valence-corrected chi connectivity index (χ3v) is 7.34. The number of hydrogen-bond donors (Lipinski definition) is 0. The van der Waals surface area contributed by atoms with Crippen LogP contribution in [0.5, 0.6) is 0 Å². The van der Waals surface area contributed by atoms with E-state index in [1.165, 1.54) is 11.1 Å². The van der Waals surface area contributed by atoms with Crippen LogP contribution < -0.4 is 0 Å². The van der Waals surface area contributed by atoms with E-state index in [1.807, 2.05) is 25.1 Å². The number of rotatable bonds is 4. The van der Waals surface area contributed by atoms with E-state index in [4.69, 9.17) is 9.72 Å². The fourth-order valence-corrected chi connectivity index (χ4v) is 5.71. The van der Waals surface area contributed by atoms with Crippen LogP contribution in [0.3, 0.4) is 0 Å². The number of fused-ring (bicyclic) bond motifs is 3. The lowest BCUT2D eigenvalue weighted by molar-refractivity contribution is -0.149. The van der Waals surface area contributed by atoms with Gasteiger partial charge in [0, 0.05) is 30.4 Å². The number of amides is 1. The van der Waals surface area contributed by atoms with Crippen LogP contribution in [0.2, 0.25) is 0 Å². The highest BCUT2D eigenvalue weighted by Crippen LogP contribution is 2.32. The summed E-state index contributed by atoms with van der Waals surface area (Å²) in [6.45, 7) is 7.46. The number of esters is 1. The van der Waals surface area contributed by atoms with Gasteiger partial charge in [0.2, 0.25) is 0 Å². The SMILES string of the molecule is CCOC(=O)[C@H]1CCCN(C(=O)c2ccc3c(c2)sc2nc(-c4ccc(C)cc4C)cn23)C1. The van der Waals surface area contributed by atoms with Crippen molar-refractivity contribution < 1.29 is 14.3 Å². The average Bonchev–Trinajstić information content (AvgIpc) is 3.36. The minimum atomic E-state index is -0.236. The predicted molar refractivity (Wildman–Crippen MR) is 131 cm³/mol. The molecular weight excluding hydrogens is 434 g/mol. The van der Waals surface area contributed by atoms with Crippen LogP contribution in [-0.4, -0.2) is 45.9 Å². The Balaban J connectivity index is 1.41. The normalized spacial score (nSPS) is 16.5. The Labute approximate surface area is 196 Å². The number of benzene rings is 2. The monoisotopic (exact) mass is 461 g/mol. The van der Waals surface area contributed by atoms with Crippen LogP contribution in [-0.2, 0) is 9.53 Å². The first-order valence-corrected chi connectivity index (χ1v) is 12.2. The van der Waals surface area contributed by atoms with Gasteiger partial charge in [0.1, 0.15) is 0 Å². The topological polar surface area (TPSA) is 63.9 Å². The largest absolute Gasteiger partial charge is 0.466 e. The lowest BCUT2D eigenvalue weighted by Crippen LogP contribution is -2.42. The highest BCUT2D eigenvalue weighted by atomic mass is 32.1. The zero-order valence-corrected chi connectivity index (χ0v) is 19.9. The molecule has 1 saturated heterocycles. The summed E-state index contributed by atoms with van der Waals surface area (Å²) in [5, 5.41) is 0. The van der Waals surface area contributed by atoms with E-state index in [-0.39, 0.29) is 17.8 Å². The summed E-state index contributed by atoms with van der Waals surface area (Å²) in [5.41, 5.74) is 6.23. The van der Waals surface area contributed by atoms with E-state index in [2.05, 4.69) is 42.6 Å². The van der Waals surface area contributed by atoms with Crippen molar-refractivity contribution in [1.29, 1.82) is 0 Å². The van der Waals surface area contributed by atoms with Crippen molar-refractivity contribution in [2.75, 3.05) is 19.7 Å². The molecular formula is C26H27N3O3S. The standard InChI is InChI=1S/C26H27N3O3S/c1-4-32-25(31)19-6-5-11-28(14-19)24(30)18-8-10-22-23(13-18)33-26-27-21(15-29(22)26)20-9-7-16(2)12-17(20)3/h7-10,12-13,15,19H,4-6,11,14H2,1-3H3/t19-/m0/s1. The Morgan fingerprint density at radius 3 is 2.82 bits per heavy atom. The summed E-state index contributed by atoms with van der Waals surface area (Å²) in [5.74, 6) is -0.475. The molecule has 1 atom stereocenters. The molecule has 2 aromatic heterocycles. The summed E-state index contributed by atoms with van der Waals surface area (Å²) in [6.07, 6.45) is 3.65. The van der Waals surface area contributed by atoms with E-state index in [0.717, 1.165) is 39.3 Å². The zero-order valence-electron chi connectivity index (χ0n) is 19.1. The lowest BCUT2D eigenvalue weighted by atomic mass is 9.97. The van der Waals surface area contributed by atoms with Crippen LogP contribution in [0.4, 0.5) is 0 Å². The third-order valence-electron chi connectivity index (χ3n) is 6.33. The number of carbonyl (C=O) groups is 2. The van der Waals surface area contributed by atoms with Crippen molar-refractivity contribution in [1.82, 2.24) is 14.3 Å². The molecule has 170 valence electrons. The van der Waals surface area contributed by atoms with E-state index in [1.54, 1.807) is 16.2 Å². The molecule has 33 heavy (non-hydrogen) atoms. The van der Waals surface area contributed by atoms with E-state index >= 15 is 0 Å². The minimum Gasteiger partial charge on any atom is -0.466 e. The van der Waals surface area contributed by atoms with Crippen LogP contribution in [0.15, 0.2) is 42.6 Å². The third kappa shape index (κ3) is 4.02. The number of imidazole rings is 1. The summed E-state index contributed by atoms with van der Waals surface area (Å²) in [7, 11) is 0. The highest BCUT2D eigenvalue weighted by Gasteiger charge is 2.30. The van der Waals surface area contributed by atoms with Crippen LogP contribution in [0.25, 0.3) is 26.4 Å². The number of carbonyl (C=O) groups excluding carboxylic acids is 2. The first-order valence-electron chi connectivity index (χ1n) is 11.4. The maximum Gasteiger partial charge on any atom is 0.310 e. The zero-order chi connectivity index (χ0) is 23.1. The number of aromatic nitrogens is 2. The van der Waals surface area contributed by atoms with Gasteiger partial charge in [-0.3, -0.25) is 14.0 Å². The molecule has 2 aromatic carbocycles. The molecule has 5 rings (SSSR count). The number of nitrogens with zero attached hydrogens (tertiary/aromatic N) is 3. The van der Waals surface area contributed by atoms with Crippen molar-refractivity contribution in [2.24, 2.45) is 5.92 Å². The maximum absolute atomic E-state index is 13.2. The molecule has 1 aliphatic heterocycles. The Hall–Kier alpha value is -3.19. The molecule has 1 fully saturated rings. The van der Waals surface area contributed by atoms with Crippen molar-refractivity contribution in [3.63, 3.8) is 0 Å². The highest BCUT2D eigenvalue weighted by molar-refractivity contribution is 7.23. The Morgan fingerprint density at radius 1 is 1.18 bits per heavy atom. The second-order valence-corrected chi connectivity index (χ2v) is 9.73. The van der Waals surface area contributed by atoms with Gasteiger partial charge < -0.3 is 9.64 Å². The number of likely N-dealkylation sites (tertiary alicyclic amines) is 1. The first-order chi connectivity index (χ1) is 15.9. The molecule has 0 saturated carbocycles. The molecule has 0 radical (unpaired) electrons. The Bertz CT molecular complexity index is 1370. The Kier molecular flexibility index (Phi) is 5.66. The molecule has 7 heteroatoms. The lowest BCUT2D eigenvalue weighted by Gasteiger charge is -2.31. The first kappa shape index (κ1) is 21.6. The molecule has 0 unspecified atom stereocenters. The maximum atomic E-state index is 13.2. The molecule has 3 heterocycles. The van der Waals surface area contributed by atoms with Gasteiger partial charge in [-0.2, -0.15) is 0 Å². The van der Waals surface area contributed by atoms with Gasteiger partial charge >= 0.3 is 5.97 Å². The smallest absolute Gasteiger partial charge is 0.310 e. The second kappa shape index (κ2) is 8.63. The summed E-state index contributed by atoms with van der Waals surface area (Å²) < 4.78 is 8.29. The Morgan fingerprint density at radius 2 is 2.03 bits per heavy atom. The van der Waals surface area contributed by atoms with Crippen LogP contribution in [0.1, 0.15) is 41.3 Å².